The van der Waals surface area contributed by atoms with E-state index in [0.717, 1.165) is 30.4 Å². The first kappa shape index (κ1) is 14.3. The van der Waals surface area contributed by atoms with E-state index in [9.17, 15) is 8.42 Å². The molecule has 0 aromatic heterocycles. The highest BCUT2D eigenvalue weighted by atomic mass is 32.2. The maximum absolute atomic E-state index is 12.2. The Morgan fingerprint density at radius 2 is 1.90 bits per heavy atom. The predicted octanol–water partition coefficient (Wildman–Crippen LogP) is 3.68. The van der Waals surface area contributed by atoms with Crippen LogP contribution in [0.15, 0.2) is 64.1 Å². The molecule has 110 valence electrons. The minimum absolute atomic E-state index is 0.163. The minimum atomic E-state index is -3.67. The lowest BCUT2D eigenvalue weighted by atomic mass is 10.00. The summed E-state index contributed by atoms with van der Waals surface area (Å²) in [6, 6.07) is 6.73. The molecule has 0 amide bonds. The molecule has 1 aromatic rings. The molecule has 0 saturated carbocycles. The van der Waals surface area contributed by atoms with Crippen LogP contribution in [0.4, 0.5) is 0 Å². The van der Waals surface area contributed by atoms with Crippen molar-refractivity contribution >= 4 is 10.1 Å². The standard InChI is InChI=1S/C17H18O3S/c1-13-6-10-16(11-7-13)21(18,19)20-12-15-9-8-14-4-2-3-5-17(14)15/h2-4,6-7,10-11H,5,8-9,12H2,1H3. The number of fused-ring (bicyclic) bond motifs is 1. The molecule has 0 aliphatic heterocycles. The van der Waals surface area contributed by atoms with Crippen LogP contribution in [0.3, 0.4) is 0 Å². The molecule has 0 bridgehead atoms. The van der Waals surface area contributed by atoms with Gasteiger partial charge in [-0.25, -0.2) is 0 Å². The van der Waals surface area contributed by atoms with E-state index < -0.39 is 10.1 Å². The van der Waals surface area contributed by atoms with Crippen LogP contribution in [-0.2, 0) is 14.3 Å². The van der Waals surface area contributed by atoms with Crippen molar-refractivity contribution in [1.29, 1.82) is 0 Å². The SMILES string of the molecule is Cc1ccc(S(=O)(=O)OCC2=C3CC=CC=C3CC2)cc1. The highest BCUT2D eigenvalue weighted by Gasteiger charge is 2.22. The summed E-state index contributed by atoms with van der Waals surface area (Å²) in [6.07, 6.45) is 9.04. The van der Waals surface area contributed by atoms with E-state index >= 15 is 0 Å². The maximum atomic E-state index is 12.2. The summed E-state index contributed by atoms with van der Waals surface area (Å²) in [6.45, 7) is 2.09. The molecule has 0 atom stereocenters. The Hall–Kier alpha value is -1.65. The van der Waals surface area contributed by atoms with Gasteiger partial charge in [-0.15, -0.1) is 0 Å². The van der Waals surface area contributed by atoms with Gasteiger partial charge in [0.05, 0.1) is 11.5 Å². The van der Waals surface area contributed by atoms with Crippen LogP contribution in [0.25, 0.3) is 0 Å². The Morgan fingerprint density at radius 1 is 1.14 bits per heavy atom. The Balaban J connectivity index is 1.74. The molecule has 0 saturated heterocycles. The fourth-order valence-electron chi connectivity index (χ4n) is 2.72. The lowest BCUT2D eigenvalue weighted by molar-refractivity contribution is 0.344. The highest BCUT2D eigenvalue weighted by molar-refractivity contribution is 7.86. The summed E-state index contributed by atoms with van der Waals surface area (Å²) < 4.78 is 29.6. The van der Waals surface area contributed by atoms with E-state index in [1.807, 2.05) is 6.92 Å². The molecule has 0 unspecified atom stereocenters. The molecule has 0 N–H and O–H groups in total. The van der Waals surface area contributed by atoms with E-state index in [0.29, 0.717) is 0 Å². The van der Waals surface area contributed by atoms with Crippen molar-refractivity contribution in [1.82, 2.24) is 0 Å². The van der Waals surface area contributed by atoms with Crippen molar-refractivity contribution < 1.29 is 12.6 Å². The van der Waals surface area contributed by atoms with E-state index in [4.69, 9.17) is 4.18 Å². The van der Waals surface area contributed by atoms with Gasteiger partial charge in [0, 0.05) is 0 Å². The third kappa shape index (κ3) is 3.01. The van der Waals surface area contributed by atoms with Crippen LogP contribution in [0, 0.1) is 6.92 Å². The number of benzene rings is 1. The summed E-state index contributed by atoms with van der Waals surface area (Å²) in [7, 11) is -3.67. The summed E-state index contributed by atoms with van der Waals surface area (Å²) in [4.78, 5) is 0.219. The van der Waals surface area contributed by atoms with Crippen molar-refractivity contribution in [2.75, 3.05) is 6.61 Å². The molecule has 0 heterocycles. The van der Waals surface area contributed by atoms with Crippen LogP contribution < -0.4 is 0 Å². The topological polar surface area (TPSA) is 43.4 Å². The van der Waals surface area contributed by atoms with Gasteiger partial charge in [-0.1, -0.05) is 35.9 Å². The van der Waals surface area contributed by atoms with Gasteiger partial charge < -0.3 is 0 Å². The van der Waals surface area contributed by atoms with E-state index in [1.54, 1.807) is 24.3 Å². The van der Waals surface area contributed by atoms with Crippen LogP contribution in [0.5, 0.6) is 0 Å². The Kier molecular flexibility index (Phi) is 3.83. The third-order valence-electron chi connectivity index (χ3n) is 3.96. The molecule has 2 aliphatic carbocycles. The molecule has 0 fully saturated rings. The molecule has 2 aliphatic rings. The molecule has 0 radical (unpaired) electrons. The molecular formula is C17H18O3S. The third-order valence-corrected chi connectivity index (χ3v) is 5.24. The summed E-state index contributed by atoms with van der Waals surface area (Å²) in [5, 5.41) is 0. The second-order valence-electron chi connectivity index (χ2n) is 5.44. The predicted molar refractivity (Wildman–Crippen MR) is 82.4 cm³/mol. The first-order valence-corrected chi connectivity index (χ1v) is 8.50. The molecule has 0 spiro atoms. The van der Waals surface area contributed by atoms with E-state index in [2.05, 4.69) is 18.2 Å². The second kappa shape index (κ2) is 5.62. The minimum Gasteiger partial charge on any atom is -0.262 e. The van der Waals surface area contributed by atoms with Crippen molar-refractivity contribution in [2.24, 2.45) is 0 Å². The van der Waals surface area contributed by atoms with Gasteiger partial charge in [-0.2, -0.15) is 8.42 Å². The van der Waals surface area contributed by atoms with Crippen LogP contribution in [-0.4, -0.2) is 15.0 Å². The quantitative estimate of drug-likeness (QED) is 0.797. The fourth-order valence-corrected chi connectivity index (χ4v) is 3.63. The number of hydrogen-bond acceptors (Lipinski definition) is 3. The first-order chi connectivity index (χ1) is 10.1. The van der Waals surface area contributed by atoms with Gasteiger partial charge in [-0.3, -0.25) is 4.18 Å². The molecule has 21 heavy (non-hydrogen) atoms. The van der Waals surface area contributed by atoms with Gasteiger partial charge in [0.1, 0.15) is 0 Å². The second-order valence-corrected chi connectivity index (χ2v) is 7.05. The zero-order valence-electron chi connectivity index (χ0n) is 12.0. The van der Waals surface area contributed by atoms with Crippen molar-refractivity contribution in [3.63, 3.8) is 0 Å². The van der Waals surface area contributed by atoms with Gasteiger partial charge in [-0.05, 0) is 55.0 Å². The summed E-state index contributed by atoms with van der Waals surface area (Å²) in [5.74, 6) is 0. The number of rotatable bonds is 4. The fraction of sp³-hybridized carbons (Fsp3) is 0.294. The molecule has 3 rings (SSSR count). The van der Waals surface area contributed by atoms with Gasteiger partial charge >= 0.3 is 0 Å². The zero-order valence-corrected chi connectivity index (χ0v) is 12.8. The lowest BCUT2D eigenvalue weighted by Gasteiger charge is -2.10. The summed E-state index contributed by atoms with van der Waals surface area (Å²) >= 11 is 0. The Labute approximate surface area is 125 Å². The van der Waals surface area contributed by atoms with Crippen LogP contribution >= 0.6 is 0 Å². The number of hydrogen-bond donors (Lipinski definition) is 0. The highest BCUT2D eigenvalue weighted by Crippen LogP contribution is 2.36. The van der Waals surface area contributed by atoms with Gasteiger partial charge in [0.2, 0.25) is 0 Å². The Bertz CT molecular complexity index is 735. The van der Waals surface area contributed by atoms with Crippen molar-refractivity contribution in [3.05, 3.63) is 64.8 Å². The largest absolute Gasteiger partial charge is 0.297 e. The maximum Gasteiger partial charge on any atom is 0.297 e. The molecular weight excluding hydrogens is 284 g/mol. The molecule has 3 nitrogen and oxygen atoms in total. The van der Waals surface area contributed by atoms with Crippen LogP contribution in [0.1, 0.15) is 24.8 Å². The number of allylic oxidation sites excluding steroid dienone is 5. The van der Waals surface area contributed by atoms with Crippen molar-refractivity contribution in [2.45, 2.75) is 31.1 Å². The van der Waals surface area contributed by atoms with Crippen LogP contribution in [0.2, 0.25) is 0 Å². The monoisotopic (exact) mass is 302 g/mol. The molecule has 1 aromatic carbocycles. The average molecular weight is 302 g/mol. The van der Waals surface area contributed by atoms with Gasteiger partial charge in [0.25, 0.3) is 10.1 Å². The Morgan fingerprint density at radius 3 is 2.67 bits per heavy atom. The zero-order chi connectivity index (χ0) is 14.9. The lowest BCUT2D eigenvalue weighted by Crippen LogP contribution is -2.09. The normalized spacial score (nSPS) is 17.9. The van der Waals surface area contributed by atoms with Crippen molar-refractivity contribution in [3.8, 4) is 0 Å². The summed E-state index contributed by atoms with van der Waals surface area (Å²) in [5.41, 5.74) is 4.72. The molecule has 4 heteroatoms. The van der Waals surface area contributed by atoms with E-state index in [1.165, 1.54) is 11.1 Å². The average Bonchev–Trinajstić information content (AvgIpc) is 2.89. The first-order valence-electron chi connectivity index (χ1n) is 7.09. The number of aryl methyl sites for hydroxylation is 1. The van der Waals surface area contributed by atoms with Gasteiger partial charge in [0.15, 0.2) is 0 Å². The van der Waals surface area contributed by atoms with E-state index in [-0.39, 0.29) is 11.5 Å². The smallest absolute Gasteiger partial charge is 0.262 e.